The van der Waals surface area contributed by atoms with Gasteiger partial charge in [-0.05, 0) is 36.3 Å². The molecule has 0 fully saturated rings. The molecule has 2 heterocycles. The number of benzene rings is 1. The van der Waals surface area contributed by atoms with E-state index in [1.807, 2.05) is 0 Å². The van der Waals surface area contributed by atoms with Gasteiger partial charge in [-0.15, -0.1) is 0 Å². The van der Waals surface area contributed by atoms with Gasteiger partial charge in [-0.2, -0.15) is 13.2 Å². The number of alkyl halides is 3. The van der Waals surface area contributed by atoms with Crippen molar-refractivity contribution in [2.45, 2.75) is 19.1 Å². The number of amides is 2. The molecule has 1 unspecified atom stereocenters. The number of methoxy groups -OCH3 is 1. The second-order valence-corrected chi connectivity index (χ2v) is 6.49. The van der Waals surface area contributed by atoms with Gasteiger partial charge < -0.3 is 10.1 Å². The van der Waals surface area contributed by atoms with E-state index in [0.29, 0.717) is 5.56 Å². The Bertz CT molecular complexity index is 990. The Labute approximate surface area is 165 Å². The van der Waals surface area contributed by atoms with E-state index in [-0.39, 0.29) is 17.0 Å². The molecular weight excluding hydrogens is 386 g/mol. The first-order valence-corrected chi connectivity index (χ1v) is 8.63. The molecule has 1 atom stereocenters. The van der Waals surface area contributed by atoms with Crippen molar-refractivity contribution in [3.63, 3.8) is 0 Å². The van der Waals surface area contributed by atoms with E-state index < -0.39 is 29.8 Å². The lowest BCUT2D eigenvalue weighted by molar-refractivity contribution is -0.138. The summed E-state index contributed by atoms with van der Waals surface area (Å²) in [6, 6.07) is 6.25. The van der Waals surface area contributed by atoms with Crippen LogP contribution in [0.25, 0.3) is 0 Å². The third kappa shape index (κ3) is 3.96. The van der Waals surface area contributed by atoms with Crippen LogP contribution in [0, 0.1) is 0 Å². The Hall–Kier alpha value is -3.30. The van der Waals surface area contributed by atoms with Crippen molar-refractivity contribution in [3.8, 4) is 0 Å². The number of allylic oxidation sites excluding steroid dienone is 1. The molecule has 2 amide bonds. The molecule has 150 valence electrons. The highest BCUT2D eigenvalue weighted by atomic mass is 19.4. The lowest BCUT2D eigenvalue weighted by atomic mass is 9.94. The zero-order chi connectivity index (χ0) is 21.3. The van der Waals surface area contributed by atoms with Crippen molar-refractivity contribution in [2.75, 3.05) is 12.0 Å². The predicted molar refractivity (Wildman–Crippen MR) is 102 cm³/mol. The molecule has 0 radical (unpaired) electrons. The third-order valence-corrected chi connectivity index (χ3v) is 4.59. The fraction of sp³-hybridized carbons (Fsp3) is 0.211. The largest absolute Gasteiger partial charge is 0.466 e. The van der Waals surface area contributed by atoms with Crippen molar-refractivity contribution in [3.05, 3.63) is 65.0 Å². The second kappa shape index (κ2) is 7.61. The number of nitrogens with zero attached hydrogens (tertiary/aromatic N) is 2. The SMILES string of the molecule is Bc1ccc(C2NC(=O)N(c3cccc(C(F)(F)F)c3)C(C)=C2C(=O)OC)cn1. The number of pyridine rings is 1. The average molecular weight is 403 g/mol. The van der Waals surface area contributed by atoms with Crippen LogP contribution < -0.4 is 15.8 Å². The van der Waals surface area contributed by atoms with E-state index in [1.165, 1.54) is 32.4 Å². The predicted octanol–water partition coefficient (Wildman–Crippen LogP) is 2.08. The van der Waals surface area contributed by atoms with Crippen LogP contribution in [0.3, 0.4) is 0 Å². The number of anilines is 1. The topological polar surface area (TPSA) is 71.5 Å². The number of hydrogen-bond donors (Lipinski definition) is 1. The molecule has 6 nitrogen and oxygen atoms in total. The highest BCUT2D eigenvalue weighted by molar-refractivity contribution is 6.30. The summed E-state index contributed by atoms with van der Waals surface area (Å²) in [4.78, 5) is 30.5. The Balaban J connectivity index is 2.13. The number of carbonyl (C=O) groups is 2. The van der Waals surface area contributed by atoms with E-state index in [1.54, 1.807) is 20.0 Å². The normalized spacial score (nSPS) is 17.2. The quantitative estimate of drug-likeness (QED) is 0.630. The molecule has 1 aromatic heterocycles. The monoisotopic (exact) mass is 403 g/mol. The van der Waals surface area contributed by atoms with Gasteiger partial charge in [0.25, 0.3) is 0 Å². The van der Waals surface area contributed by atoms with Crippen molar-refractivity contribution < 1.29 is 27.5 Å². The summed E-state index contributed by atoms with van der Waals surface area (Å²) in [6.07, 6.45) is -3.04. The molecule has 10 heteroatoms. The molecule has 0 saturated carbocycles. The van der Waals surface area contributed by atoms with Gasteiger partial charge in [-0.3, -0.25) is 9.88 Å². The van der Waals surface area contributed by atoms with Crippen LogP contribution in [0.15, 0.2) is 53.9 Å². The number of ether oxygens (including phenoxy) is 1. The number of nitrogens with one attached hydrogen (secondary N) is 1. The van der Waals surface area contributed by atoms with Crippen molar-refractivity contribution in [1.82, 2.24) is 10.3 Å². The molecular formula is C19H17BF3N3O3. The molecule has 0 aliphatic carbocycles. The lowest BCUT2D eigenvalue weighted by Gasteiger charge is -2.35. The maximum atomic E-state index is 13.1. The van der Waals surface area contributed by atoms with E-state index in [9.17, 15) is 22.8 Å². The number of esters is 1. The Morgan fingerprint density at radius 2 is 2.00 bits per heavy atom. The standard InChI is InChI=1S/C19H17BF3N3O3/c1-10-15(17(27)29-2)16(11-6-7-14(20)24-9-11)25-18(28)26(10)13-5-3-4-12(8-13)19(21,22)23/h3-9,16H,20H2,1-2H3,(H,25,28). The summed E-state index contributed by atoms with van der Waals surface area (Å²) in [5, 5.41) is 2.66. The van der Waals surface area contributed by atoms with Crippen molar-refractivity contribution >= 4 is 31.1 Å². The van der Waals surface area contributed by atoms with Crippen LogP contribution >= 0.6 is 0 Å². The van der Waals surface area contributed by atoms with Crippen LogP contribution in [0.4, 0.5) is 23.7 Å². The minimum Gasteiger partial charge on any atom is -0.466 e. The van der Waals surface area contributed by atoms with Crippen LogP contribution in [0.5, 0.6) is 0 Å². The van der Waals surface area contributed by atoms with Gasteiger partial charge in [0.2, 0.25) is 0 Å². The van der Waals surface area contributed by atoms with Gasteiger partial charge in [-0.1, -0.05) is 18.2 Å². The zero-order valence-electron chi connectivity index (χ0n) is 15.9. The van der Waals surface area contributed by atoms with E-state index in [0.717, 1.165) is 22.6 Å². The second-order valence-electron chi connectivity index (χ2n) is 6.49. The van der Waals surface area contributed by atoms with Gasteiger partial charge >= 0.3 is 18.2 Å². The van der Waals surface area contributed by atoms with E-state index in [2.05, 4.69) is 10.3 Å². The van der Waals surface area contributed by atoms with Crippen LogP contribution in [0.1, 0.15) is 24.1 Å². The molecule has 0 saturated heterocycles. The van der Waals surface area contributed by atoms with E-state index in [4.69, 9.17) is 4.74 Å². The Morgan fingerprint density at radius 1 is 1.28 bits per heavy atom. The first-order chi connectivity index (χ1) is 13.6. The summed E-state index contributed by atoms with van der Waals surface area (Å²) < 4.78 is 44.1. The summed E-state index contributed by atoms with van der Waals surface area (Å²) >= 11 is 0. The van der Waals surface area contributed by atoms with Crippen LogP contribution in [-0.4, -0.2) is 31.9 Å². The number of hydrogen-bond acceptors (Lipinski definition) is 4. The first-order valence-electron chi connectivity index (χ1n) is 8.63. The number of aromatic nitrogens is 1. The Kier molecular flexibility index (Phi) is 5.37. The molecule has 2 aromatic rings. The average Bonchev–Trinajstić information content (AvgIpc) is 2.67. The fourth-order valence-electron chi connectivity index (χ4n) is 3.15. The molecule has 1 N–H and O–H groups in total. The highest BCUT2D eigenvalue weighted by Gasteiger charge is 2.38. The number of carbonyl (C=O) groups excluding carboxylic acids is 2. The van der Waals surface area contributed by atoms with Gasteiger partial charge in [0, 0.05) is 11.9 Å². The van der Waals surface area contributed by atoms with Gasteiger partial charge in [0.1, 0.15) is 0 Å². The smallest absolute Gasteiger partial charge is 0.416 e. The minimum absolute atomic E-state index is 0.0169. The molecule has 1 aliphatic rings. The third-order valence-electron chi connectivity index (χ3n) is 4.59. The number of rotatable bonds is 3. The molecule has 3 rings (SSSR count). The summed E-state index contributed by atoms with van der Waals surface area (Å²) in [7, 11) is 2.99. The lowest BCUT2D eigenvalue weighted by Crippen LogP contribution is -2.48. The molecule has 0 spiro atoms. The van der Waals surface area contributed by atoms with Gasteiger partial charge in [-0.25, -0.2) is 9.59 Å². The molecule has 1 aromatic carbocycles. The van der Waals surface area contributed by atoms with Crippen molar-refractivity contribution in [2.24, 2.45) is 0 Å². The summed E-state index contributed by atoms with van der Waals surface area (Å²) in [5.74, 6) is -0.704. The fourth-order valence-corrected chi connectivity index (χ4v) is 3.15. The maximum absolute atomic E-state index is 13.1. The maximum Gasteiger partial charge on any atom is 0.416 e. The van der Waals surface area contributed by atoms with Crippen molar-refractivity contribution in [1.29, 1.82) is 0 Å². The minimum atomic E-state index is -4.57. The zero-order valence-corrected chi connectivity index (χ0v) is 15.9. The van der Waals surface area contributed by atoms with E-state index >= 15 is 0 Å². The first kappa shape index (κ1) is 20.4. The van der Waals surface area contributed by atoms with Crippen LogP contribution in [-0.2, 0) is 15.7 Å². The highest BCUT2D eigenvalue weighted by Crippen LogP contribution is 2.36. The number of urea groups is 1. The molecule has 1 aliphatic heterocycles. The molecule has 29 heavy (non-hydrogen) atoms. The van der Waals surface area contributed by atoms with Gasteiger partial charge in [0.05, 0.1) is 30.0 Å². The molecule has 0 bridgehead atoms. The van der Waals surface area contributed by atoms with Crippen LogP contribution in [0.2, 0.25) is 0 Å². The summed E-state index contributed by atoms with van der Waals surface area (Å²) in [6.45, 7) is 1.49. The van der Waals surface area contributed by atoms with Gasteiger partial charge in [0.15, 0.2) is 7.85 Å². The number of halogens is 3. The Morgan fingerprint density at radius 3 is 2.59 bits per heavy atom. The summed E-state index contributed by atoms with van der Waals surface area (Å²) in [5.41, 5.74) is 0.659.